The molecule has 11 nitrogen and oxygen atoms in total. The maximum Gasteiger partial charge on any atom is 0.324 e. The Morgan fingerprint density at radius 3 is 2.81 bits per heavy atom. The number of anilines is 2. The standard InChI is InChI=1S/C24H24FN7O4S/c1-2-12-36-14-17-4-3-11-30(17)24-28-21(27-23(33)19-9-10-20(37-19)32(34)35)18-13-26-31(22(18)29-24)16-7-5-15(25)6-8-16/h5-10,13,17H,2-4,11-12,14H2,1H3,(H,27,28,29,33). The number of hydrogen-bond donors (Lipinski definition) is 1. The fourth-order valence-corrected chi connectivity index (χ4v) is 4.96. The normalized spacial score (nSPS) is 15.4. The second-order valence-corrected chi connectivity index (χ2v) is 9.62. The van der Waals surface area contributed by atoms with Crippen molar-refractivity contribution in [3.63, 3.8) is 0 Å². The van der Waals surface area contributed by atoms with Crippen LogP contribution in [0.5, 0.6) is 0 Å². The van der Waals surface area contributed by atoms with Gasteiger partial charge in [-0.3, -0.25) is 14.9 Å². The molecule has 1 N–H and O–H groups in total. The lowest BCUT2D eigenvalue weighted by atomic mass is 10.2. The van der Waals surface area contributed by atoms with Crippen LogP contribution >= 0.6 is 11.3 Å². The van der Waals surface area contributed by atoms with Gasteiger partial charge in [0.15, 0.2) is 5.65 Å². The third-order valence-corrected chi connectivity index (χ3v) is 7.04. The lowest BCUT2D eigenvalue weighted by Crippen LogP contribution is -2.34. The van der Waals surface area contributed by atoms with Crippen molar-refractivity contribution in [3.8, 4) is 5.69 Å². The number of thiophene rings is 1. The minimum Gasteiger partial charge on any atom is -0.379 e. The van der Waals surface area contributed by atoms with Gasteiger partial charge in [-0.05, 0) is 49.6 Å². The molecule has 3 aromatic heterocycles. The number of amides is 1. The van der Waals surface area contributed by atoms with E-state index in [1.807, 2.05) is 0 Å². The number of rotatable bonds is 9. The van der Waals surface area contributed by atoms with Crippen molar-refractivity contribution in [3.05, 3.63) is 63.4 Å². The maximum absolute atomic E-state index is 13.5. The van der Waals surface area contributed by atoms with Crippen molar-refractivity contribution in [2.45, 2.75) is 32.2 Å². The lowest BCUT2D eigenvalue weighted by Gasteiger charge is -2.25. The molecule has 37 heavy (non-hydrogen) atoms. The first-order chi connectivity index (χ1) is 17.9. The van der Waals surface area contributed by atoms with Gasteiger partial charge in [0.1, 0.15) is 11.6 Å². The highest BCUT2D eigenvalue weighted by atomic mass is 32.1. The first kappa shape index (κ1) is 24.7. The molecule has 13 heteroatoms. The molecule has 0 aliphatic carbocycles. The van der Waals surface area contributed by atoms with E-state index in [1.165, 1.54) is 30.5 Å². The van der Waals surface area contributed by atoms with E-state index in [1.54, 1.807) is 16.8 Å². The molecule has 1 fully saturated rings. The van der Waals surface area contributed by atoms with Gasteiger partial charge in [-0.2, -0.15) is 15.1 Å². The molecule has 1 aliphatic rings. The van der Waals surface area contributed by atoms with Gasteiger partial charge in [0.2, 0.25) is 5.95 Å². The lowest BCUT2D eigenvalue weighted by molar-refractivity contribution is -0.380. The molecular weight excluding hydrogens is 501 g/mol. The van der Waals surface area contributed by atoms with Crippen molar-refractivity contribution in [2.24, 2.45) is 0 Å². The summed E-state index contributed by atoms with van der Waals surface area (Å²) in [6.07, 6.45) is 4.31. The number of ether oxygens (including phenoxy) is 1. The van der Waals surface area contributed by atoms with Crippen LogP contribution in [0, 0.1) is 15.9 Å². The van der Waals surface area contributed by atoms with Crippen molar-refractivity contribution in [1.29, 1.82) is 0 Å². The molecule has 0 radical (unpaired) electrons. The molecule has 1 saturated heterocycles. The molecule has 0 saturated carbocycles. The largest absolute Gasteiger partial charge is 0.379 e. The van der Waals surface area contributed by atoms with Crippen LogP contribution in [0.25, 0.3) is 16.7 Å². The van der Waals surface area contributed by atoms with Gasteiger partial charge in [-0.25, -0.2) is 9.07 Å². The zero-order valence-corrected chi connectivity index (χ0v) is 20.8. The van der Waals surface area contributed by atoms with Crippen LogP contribution in [0.1, 0.15) is 35.9 Å². The number of nitrogens with one attached hydrogen (secondary N) is 1. The fraction of sp³-hybridized carbons (Fsp3) is 0.333. The number of hydrogen-bond acceptors (Lipinski definition) is 9. The van der Waals surface area contributed by atoms with E-state index in [2.05, 4.69) is 27.2 Å². The average Bonchev–Trinajstić information content (AvgIpc) is 3.64. The van der Waals surface area contributed by atoms with E-state index < -0.39 is 10.8 Å². The van der Waals surface area contributed by atoms with E-state index >= 15 is 0 Å². The third kappa shape index (κ3) is 5.13. The Kier molecular flexibility index (Phi) is 7.06. The molecule has 0 spiro atoms. The molecule has 5 rings (SSSR count). The number of carbonyl (C=O) groups is 1. The van der Waals surface area contributed by atoms with Crippen molar-refractivity contribution >= 4 is 45.0 Å². The van der Waals surface area contributed by atoms with Gasteiger partial charge < -0.3 is 15.0 Å². The highest BCUT2D eigenvalue weighted by Crippen LogP contribution is 2.31. The molecule has 0 bridgehead atoms. The molecule has 1 aliphatic heterocycles. The summed E-state index contributed by atoms with van der Waals surface area (Å²) in [7, 11) is 0. The topological polar surface area (TPSA) is 128 Å². The average molecular weight is 526 g/mol. The first-order valence-electron chi connectivity index (χ1n) is 11.9. The molecule has 1 unspecified atom stereocenters. The van der Waals surface area contributed by atoms with E-state index in [0.717, 1.165) is 37.1 Å². The summed E-state index contributed by atoms with van der Waals surface area (Å²) < 4.78 is 20.9. The van der Waals surface area contributed by atoms with Crippen LogP contribution in [-0.2, 0) is 4.74 Å². The van der Waals surface area contributed by atoms with Gasteiger partial charge in [-0.1, -0.05) is 18.3 Å². The fourth-order valence-electron chi connectivity index (χ4n) is 4.24. The Hall–Kier alpha value is -3.97. The number of aromatic nitrogens is 4. The van der Waals surface area contributed by atoms with Crippen LogP contribution in [0.3, 0.4) is 0 Å². The van der Waals surface area contributed by atoms with Gasteiger partial charge in [-0.15, -0.1) is 0 Å². The summed E-state index contributed by atoms with van der Waals surface area (Å²) >= 11 is 0.780. The summed E-state index contributed by atoms with van der Waals surface area (Å²) in [5, 5.41) is 18.6. The quantitative estimate of drug-likeness (QED) is 0.191. The Morgan fingerprint density at radius 1 is 1.27 bits per heavy atom. The third-order valence-electron chi connectivity index (χ3n) is 6.01. The van der Waals surface area contributed by atoms with Crippen molar-refractivity contribution in [1.82, 2.24) is 19.7 Å². The number of carbonyl (C=O) groups excluding carboxylic acids is 1. The molecule has 1 atom stereocenters. The molecular formula is C24H24FN7O4S. The highest BCUT2D eigenvalue weighted by molar-refractivity contribution is 7.17. The zero-order valence-electron chi connectivity index (χ0n) is 20.0. The predicted molar refractivity (Wildman–Crippen MR) is 137 cm³/mol. The minimum absolute atomic E-state index is 0.0784. The summed E-state index contributed by atoms with van der Waals surface area (Å²) in [4.78, 5) is 35.2. The smallest absolute Gasteiger partial charge is 0.324 e. The summed E-state index contributed by atoms with van der Waals surface area (Å²) in [5.74, 6) is -0.260. The van der Waals surface area contributed by atoms with E-state index in [0.29, 0.717) is 35.9 Å². The van der Waals surface area contributed by atoms with Gasteiger partial charge in [0.25, 0.3) is 5.91 Å². The van der Waals surface area contributed by atoms with Crippen LogP contribution in [-0.4, -0.2) is 56.4 Å². The Bertz CT molecular complexity index is 1440. The SMILES string of the molecule is CCCOCC1CCCN1c1nc(NC(=O)c2ccc([N+](=O)[O-])s2)c2cnn(-c3ccc(F)cc3)c2n1. The minimum atomic E-state index is -0.538. The van der Waals surface area contributed by atoms with Crippen LogP contribution in [0.2, 0.25) is 0 Å². The van der Waals surface area contributed by atoms with Crippen LogP contribution in [0.15, 0.2) is 42.6 Å². The number of nitro groups is 1. The molecule has 4 aromatic rings. The van der Waals surface area contributed by atoms with Crippen molar-refractivity contribution in [2.75, 3.05) is 30.0 Å². The van der Waals surface area contributed by atoms with Crippen LogP contribution < -0.4 is 10.2 Å². The monoisotopic (exact) mass is 525 g/mol. The van der Waals surface area contributed by atoms with E-state index in [4.69, 9.17) is 9.72 Å². The molecule has 1 aromatic carbocycles. The molecule has 192 valence electrons. The Morgan fingerprint density at radius 2 is 2.08 bits per heavy atom. The second kappa shape index (κ2) is 10.6. The number of benzene rings is 1. The maximum atomic E-state index is 13.5. The zero-order chi connectivity index (χ0) is 25.9. The highest BCUT2D eigenvalue weighted by Gasteiger charge is 2.29. The summed E-state index contributed by atoms with van der Waals surface area (Å²) in [5.41, 5.74) is 1.03. The number of halogens is 1. The van der Waals surface area contributed by atoms with Crippen molar-refractivity contribution < 1.29 is 18.8 Å². The number of nitrogens with zero attached hydrogens (tertiary/aromatic N) is 6. The van der Waals surface area contributed by atoms with Gasteiger partial charge in [0, 0.05) is 19.2 Å². The molecule has 1 amide bonds. The van der Waals surface area contributed by atoms with Gasteiger partial charge in [0.05, 0.1) is 39.7 Å². The predicted octanol–water partition coefficient (Wildman–Crippen LogP) is 4.57. The number of fused-ring (bicyclic) bond motifs is 1. The summed E-state index contributed by atoms with van der Waals surface area (Å²) in [6.45, 7) is 3.97. The molecule has 4 heterocycles. The Balaban J connectivity index is 1.55. The Labute approximate surface area is 215 Å². The first-order valence-corrected chi connectivity index (χ1v) is 12.7. The second-order valence-electron chi connectivity index (χ2n) is 8.56. The van der Waals surface area contributed by atoms with Gasteiger partial charge >= 0.3 is 5.00 Å². The summed E-state index contributed by atoms with van der Waals surface area (Å²) in [6, 6.07) is 8.61. The van der Waals surface area contributed by atoms with E-state index in [9.17, 15) is 19.3 Å². The van der Waals surface area contributed by atoms with Crippen LogP contribution in [0.4, 0.5) is 21.2 Å². The van der Waals surface area contributed by atoms with E-state index in [-0.39, 0.29) is 27.6 Å².